The van der Waals surface area contributed by atoms with Crippen LogP contribution in [0, 0.1) is 0 Å². The molecule has 0 N–H and O–H groups in total. The number of halogens is 1. The largest absolute Gasteiger partial charge is 0.479 e. The van der Waals surface area contributed by atoms with Crippen molar-refractivity contribution in [3.8, 4) is 17.4 Å². The molecule has 200 valence electrons. The SMILES string of the molecule is COc1ncnc(OC)c1-n1c(CS(=O)(=O)[C@@H](C)[C@H](C)c2ncc(Cl)cn2)nnc1[C@H]1COC(C)(C)C1. The summed E-state index contributed by atoms with van der Waals surface area (Å²) >= 11 is 5.89. The molecule has 0 spiro atoms. The van der Waals surface area contributed by atoms with Gasteiger partial charge in [0.15, 0.2) is 21.3 Å². The summed E-state index contributed by atoms with van der Waals surface area (Å²) in [6.45, 7) is 7.77. The van der Waals surface area contributed by atoms with E-state index in [1.165, 1.54) is 32.9 Å². The molecule has 0 saturated carbocycles. The van der Waals surface area contributed by atoms with Gasteiger partial charge in [-0.3, -0.25) is 4.57 Å². The number of hydrogen-bond donors (Lipinski definition) is 0. The van der Waals surface area contributed by atoms with E-state index < -0.39 is 26.8 Å². The number of methoxy groups -OCH3 is 2. The monoisotopic (exact) mass is 551 g/mol. The molecule has 0 aromatic carbocycles. The van der Waals surface area contributed by atoms with Crippen molar-refractivity contribution in [2.24, 2.45) is 0 Å². The van der Waals surface area contributed by atoms with Gasteiger partial charge in [0.25, 0.3) is 0 Å². The number of sulfone groups is 1. The lowest BCUT2D eigenvalue weighted by Gasteiger charge is -2.21. The van der Waals surface area contributed by atoms with Crippen molar-refractivity contribution < 1.29 is 22.6 Å². The number of nitrogens with zero attached hydrogens (tertiary/aromatic N) is 7. The van der Waals surface area contributed by atoms with Gasteiger partial charge in [-0.2, -0.15) is 9.97 Å². The highest BCUT2D eigenvalue weighted by Gasteiger charge is 2.39. The van der Waals surface area contributed by atoms with Crippen LogP contribution in [0.15, 0.2) is 18.7 Å². The Bertz CT molecular complexity index is 1340. The van der Waals surface area contributed by atoms with Gasteiger partial charge >= 0.3 is 0 Å². The highest BCUT2D eigenvalue weighted by Crippen LogP contribution is 2.39. The molecule has 3 atom stereocenters. The quantitative estimate of drug-likeness (QED) is 0.387. The van der Waals surface area contributed by atoms with Crippen molar-refractivity contribution in [3.63, 3.8) is 0 Å². The Morgan fingerprint density at radius 1 is 1.11 bits per heavy atom. The first-order valence-corrected chi connectivity index (χ1v) is 13.8. The molecule has 1 saturated heterocycles. The van der Waals surface area contributed by atoms with Gasteiger partial charge in [-0.05, 0) is 27.2 Å². The van der Waals surface area contributed by atoms with Gasteiger partial charge in [0.05, 0.1) is 36.7 Å². The Labute approximate surface area is 220 Å². The van der Waals surface area contributed by atoms with Crippen LogP contribution in [0.1, 0.15) is 63.4 Å². The Hall–Kier alpha value is -2.90. The Morgan fingerprint density at radius 2 is 1.73 bits per heavy atom. The highest BCUT2D eigenvalue weighted by molar-refractivity contribution is 7.91. The van der Waals surface area contributed by atoms with E-state index in [0.29, 0.717) is 35.4 Å². The summed E-state index contributed by atoms with van der Waals surface area (Å²) < 4.78 is 45.8. The molecule has 0 unspecified atom stereocenters. The number of hydrogen-bond acceptors (Lipinski definition) is 11. The normalized spacial score (nSPS) is 18.9. The maximum atomic E-state index is 13.6. The smallest absolute Gasteiger partial charge is 0.245 e. The lowest BCUT2D eigenvalue weighted by molar-refractivity contribution is 0.0360. The standard InChI is InChI=1S/C23H30ClN7O5S/c1-13(19-25-8-16(24)9-26-19)14(2)37(32,33)11-17-29-30-20(15-7-23(3,4)36-10-15)31(17)18-21(34-5)27-12-28-22(18)35-6/h8-9,12-15H,7,10-11H2,1-6H3/t13-,14-,15+/m0/s1. The van der Waals surface area contributed by atoms with Gasteiger partial charge in [-0.15, -0.1) is 10.2 Å². The number of aromatic nitrogens is 7. The molecule has 3 aromatic rings. The zero-order valence-corrected chi connectivity index (χ0v) is 23.1. The fraction of sp³-hybridized carbons (Fsp3) is 0.565. The van der Waals surface area contributed by atoms with E-state index in [-0.39, 0.29) is 29.1 Å². The molecule has 14 heteroatoms. The summed E-state index contributed by atoms with van der Waals surface area (Å²) in [7, 11) is -0.840. The summed E-state index contributed by atoms with van der Waals surface area (Å²) in [6.07, 6.45) is 4.86. The molecule has 1 fully saturated rings. The molecular formula is C23H30ClN7O5S. The fourth-order valence-electron chi connectivity index (χ4n) is 4.36. The minimum absolute atomic E-state index is 0.146. The van der Waals surface area contributed by atoms with E-state index in [0.717, 1.165) is 0 Å². The molecule has 1 aliphatic heterocycles. The van der Waals surface area contributed by atoms with Crippen LogP contribution in [-0.2, 0) is 20.3 Å². The Morgan fingerprint density at radius 3 is 2.27 bits per heavy atom. The molecule has 0 aliphatic carbocycles. The van der Waals surface area contributed by atoms with E-state index >= 15 is 0 Å². The maximum Gasteiger partial charge on any atom is 0.245 e. The minimum atomic E-state index is -3.76. The second-order valence-electron chi connectivity index (χ2n) is 9.58. The number of rotatable bonds is 9. The van der Waals surface area contributed by atoms with E-state index in [2.05, 4.69) is 30.1 Å². The van der Waals surface area contributed by atoms with Crippen molar-refractivity contribution in [2.45, 2.75) is 62.6 Å². The van der Waals surface area contributed by atoms with Crippen LogP contribution in [0.2, 0.25) is 5.02 Å². The fourth-order valence-corrected chi connectivity index (χ4v) is 6.01. The molecule has 0 amide bonds. The highest BCUT2D eigenvalue weighted by atomic mass is 35.5. The van der Waals surface area contributed by atoms with Crippen LogP contribution in [0.3, 0.4) is 0 Å². The molecule has 12 nitrogen and oxygen atoms in total. The van der Waals surface area contributed by atoms with Crippen LogP contribution in [-0.4, -0.2) is 74.8 Å². The third-order valence-corrected chi connectivity index (χ3v) is 8.94. The minimum Gasteiger partial charge on any atom is -0.479 e. The van der Waals surface area contributed by atoms with Crippen molar-refractivity contribution in [1.29, 1.82) is 0 Å². The topological polar surface area (TPSA) is 144 Å². The van der Waals surface area contributed by atoms with E-state index in [1.54, 1.807) is 18.4 Å². The molecule has 3 aromatic heterocycles. The molecule has 0 radical (unpaired) electrons. The van der Waals surface area contributed by atoms with Gasteiger partial charge in [0.2, 0.25) is 11.8 Å². The first-order chi connectivity index (χ1) is 17.5. The molecular weight excluding hydrogens is 522 g/mol. The third-order valence-electron chi connectivity index (χ3n) is 6.55. The predicted molar refractivity (Wildman–Crippen MR) is 135 cm³/mol. The van der Waals surface area contributed by atoms with E-state index in [1.807, 2.05) is 13.8 Å². The van der Waals surface area contributed by atoms with Crippen LogP contribution >= 0.6 is 11.6 Å². The van der Waals surface area contributed by atoms with Gasteiger partial charge in [-0.1, -0.05) is 18.5 Å². The lowest BCUT2D eigenvalue weighted by Crippen LogP contribution is -2.27. The lowest BCUT2D eigenvalue weighted by atomic mass is 9.97. The molecule has 37 heavy (non-hydrogen) atoms. The first kappa shape index (κ1) is 27.1. The maximum absolute atomic E-state index is 13.6. The first-order valence-electron chi connectivity index (χ1n) is 11.7. The van der Waals surface area contributed by atoms with Gasteiger partial charge < -0.3 is 14.2 Å². The number of ether oxygens (including phenoxy) is 3. The van der Waals surface area contributed by atoms with Crippen LogP contribution in [0.5, 0.6) is 11.8 Å². The van der Waals surface area contributed by atoms with Crippen LogP contribution in [0.4, 0.5) is 0 Å². The van der Waals surface area contributed by atoms with Crippen LogP contribution in [0.25, 0.3) is 5.69 Å². The second kappa shape index (κ2) is 10.5. The average Bonchev–Trinajstić information content (AvgIpc) is 3.44. The average molecular weight is 552 g/mol. The molecule has 1 aliphatic rings. The molecule has 4 heterocycles. The summed E-state index contributed by atoms with van der Waals surface area (Å²) in [4.78, 5) is 16.8. The van der Waals surface area contributed by atoms with Crippen molar-refractivity contribution >= 4 is 21.4 Å². The molecule has 4 rings (SSSR count). The summed E-state index contributed by atoms with van der Waals surface area (Å²) in [6, 6.07) is 0. The zero-order chi connectivity index (χ0) is 27.0. The van der Waals surface area contributed by atoms with Gasteiger partial charge in [0.1, 0.15) is 23.7 Å². The third kappa shape index (κ3) is 5.53. The predicted octanol–water partition coefficient (Wildman–Crippen LogP) is 2.91. The van der Waals surface area contributed by atoms with Gasteiger partial charge in [-0.25, -0.2) is 18.4 Å². The summed E-state index contributed by atoms with van der Waals surface area (Å²) in [5, 5.41) is 8.27. The summed E-state index contributed by atoms with van der Waals surface area (Å²) in [5.41, 5.74) is -0.0402. The van der Waals surface area contributed by atoms with Crippen LogP contribution < -0.4 is 9.47 Å². The van der Waals surface area contributed by atoms with Crippen molar-refractivity contribution in [3.05, 3.63) is 41.2 Å². The van der Waals surface area contributed by atoms with E-state index in [4.69, 9.17) is 25.8 Å². The Kier molecular flexibility index (Phi) is 7.67. The van der Waals surface area contributed by atoms with Crippen molar-refractivity contribution in [2.75, 3.05) is 20.8 Å². The summed E-state index contributed by atoms with van der Waals surface area (Å²) in [5.74, 6) is 0.427. The van der Waals surface area contributed by atoms with Gasteiger partial charge in [0, 0.05) is 24.2 Å². The second-order valence-corrected chi connectivity index (χ2v) is 12.4. The van der Waals surface area contributed by atoms with Crippen molar-refractivity contribution in [1.82, 2.24) is 34.7 Å². The zero-order valence-electron chi connectivity index (χ0n) is 21.5. The molecule has 0 bridgehead atoms. The van der Waals surface area contributed by atoms with E-state index in [9.17, 15) is 8.42 Å². The Balaban J connectivity index is 1.78.